The molecule has 3 aromatic rings. The zero-order valence-corrected chi connectivity index (χ0v) is 15.0. The molecule has 3 aromatic carbocycles. The van der Waals surface area contributed by atoms with E-state index in [1.54, 1.807) is 25.1 Å². The highest BCUT2D eigenvalue weighted by molar-refractivity contribution is 5.87. The SMILES string of the molecule is COc1cccc(C=NNC(=O)C(C)Oc2ccc3ccccc3c2)c1O. The molecular weight excluding hydrogens is 344 g/mol. The van der Waals surface area contributed by atoms with E-state index in [0.29, 0.717) is 17.1 Å². The molecule has 1 atom stereocenters. The van der Waals surface area contributed by atoms with Crippen molar-refractivity contribution in [1.82, 2.24) is 5.43 Å². The summed E-state index contributed by atoms with van der Waals surface area (Å²) in [4.78, 5) is 12.2. The van der Waals surface area contributed by atoms with Gasteiger partial charge in [0.2, 0.25) is 0 Å². The molecule has 138 valence electrons. The molecule has 1 amide bonds. The van der Waals surface area contributed by atoms with Crippen LogP contribution in [0.5, 0.6) is 17.2 Å². The number of carbonyl (C=O) groups is 1. The lowest BCUT2D eigenvalue weighted by molar-refractivity contribution is -0.127. The first-order chi connectivity index (χ1) is 13.1. The number of ether oxygens (including phenoxy) is 2. The minimum atomic E-state index is -0.734. The first-order valence-corrected chi connectivity index (χ1v) is 8.43. The standard InChI is InChI=1S/C21H20N2O4/c1-14(27-18-11-10-15-6-3-4-7-16(15)12-18)21(25)23-22-13-17-8-5-9-19(26-2)20(17)24/h3-14,24H,1-2H3,(H,23,25). The average molecular weight is 364 g/mol. The average Bonchev–Trinajstić information content (AvgIpc) is 2.69. The molecule has 0 spiro atoms. The predicted octanol–water partition coefficient (Wildman–Crippen LogP) is 3.47. The Kier molecular flexibility index (Phi) is 5.56. The fraction of sp³-hybridized carbons (Fsp3) is 0.143. The van der Waals surface area contributed by atoms with Gasteiger partial charge in [-0.25, -0.2) is 5.43 Å². The molecule has 0 aliphatic rings. The summed E-state index contributed by atoms with van der Waals surface area (Å²) >= 11 is 0. The van der Waals surface area contributed by atoms with Gasteiger partial charge in [0.1, 0.15) is 5.75 Å². The van der Waals surface area contributed by atoms with Crippen LogP contribution in [0.25, 0.3) is 10.8 Å². The number of phenolic OH excluding ortho intramolecular Hbond substituents is 1. The quantitative estimate of drug-likeness (QED) is 0.518. The monoisotopic (exact) mass is 364 g/mol. The van der Waals surface area contributed by atoms with E-state index in [-0.39, 0.29) is 5.75 Å². The van der Waals surface area contributed by atoms with E-state index in [9.17, 15) is 9.90 Å². The van der Waals surface area contributed by atoms with E-state index in [1.165, 1.54) is 13.3 Å². The van der Waals surface area contributed by atoms with E-state index in [2.05, 4.69) is 10.5 Å². The highest BCUT2D eigenvalue weighted by Gasteiger charge is 2.14. The topological polar surface area (TPSA) is 80.2 Å². The number of rotatable bonds is 6. The Morgan fingerprint density at radius 3 is 2.67 bits per heavy atom. The highest BCUT2D eigenvalue weighted by atomic mass is 16.5. The number of hydrazone groups is 1. The molecule has 0 bridgehead atoms. The van der Waals surface area contributed by atoms with Crippen molar-refractivity contribution >= 4 is 22.9 Å². The van der Waals surface area contributed by atoms with Crippen LogP contribution < -0.4 is 14.9 Å². The molecule has 6 heteroatoms. The van der Waals surface area contributed by atoms with Gasteiger partial charge in [-0.05, 0) is 42.0 Å². The summed E-state index contributed by atoms with van der Waals surface area (Å²) in [6, 6.07) is 18.6. The summed E-state index contributed by atoms with van der Waals surface area (Å²) in [6.07, 6.45) is 0.612. The Morgan fingerprint density at radius 2 is 1.89 bits per heavy atom. The maximum atomic E-state index is 12.2. The predicted molar refractivity (Wildman–Crippen MR) is 104 cm³/mol. The number of methoxy groups -OCH3 is 1. The van der Waals surface area contributed by atoms with Gasteiger partial charge in [-0.2, -0.15) is 5.10 Å². The molecule has 0 aliphatic carbocycles. The summed E-state index contributed by atoms with van der Waals surface area (Å²) < 4.78 is 10.7. The van der Waals surface area contributed by atoms with Gasteiger partial charge in [-0.3, -0.25) is 4.79 Å². The van der Waals surface area contributed by atoms with E-state index in [1.807, 2.05) is 42.5 Å². The number of benzene rings is 3. The van der Waals surface area contributed by atoms with Crippen LogP contribution in [-0.4, -0.2) is 30.4 Å². The zero-order valence-electron chi connectivity index (χ0n) is 15.0. The van der Waals surface area contributed by atoms with Crippen molar-refractivity contribution in [1.29, 1.82) is 0 Å². The maximum Gasteiger partial charge on any atom is 0.280 e. The fourth-order valence-corrected chi connectivity index (χ4v) is 2.56. The second kappa shape index (κ2) is 8.23. The summed E-state index contributed by atoms with van der Waals surface area (Å²) in [6.45, 7) is 1.64. The number of hydrogen-bond donors (Lipinski definition) is 2. The van der Waals surface area contributed by atoms with E-state index in [0.717, 1.165) is 10.8 Å². The summed E-state index contributed by atoms with van der Waals surface area (Å²) in [5, 5.41) is 16.0. The number of phenols is 1. The van der Waals surface area contributed by atoms with Crippen LogP contribution in [-0.2, 0) is 4.79 Å². The number of fused-ring (bicyclic) bond motifs is 1. The van der Waals surface area contributed by atoms with Crippen LogP contribution in [0.4, 0.5) is 0 Å². The molecule has 0 saturated carbocycles. The summed E-state index contributed by atoms with van der Waals surface area (Å²) in [7, 11) is 1.46. The zero-order chi connectivity index (χ0) is 19.2. The van der Waals surface area contributed by atoms with Gasteiger partial charge in [-0.15, -0.1) is 0 Å². The molecule has 3 rings (SSSR count). The smallest absolute Gasteiger partial charge is 0.280 e. The third-order valence-corrected chi connectivity index (χ3v) is 4.03. The molecule has 0 saturated heterocycles. The number of hydrogen-bond acceptors (Lipinski definition) is 5. The Morgan fingerprint density at radius 1 is 1.11 bits per heavy atom. The third kappa shape index (κ3) is 4.36. The van der Waals surface area contributed by atoms with Gasteiger partial charge in [0.25, 0.3) is 5.91 Å². The number of para-hydroxylation sites is 1. The number of nitrogens with one attached hydrogen (secondary N) is 1. The van der Waals surface area contributed by atoms with E-state index < -0.39 is 12.0 Å². The third-order valence-electron chi connectivity index (χ3n) is 4.03. The Labute approximate surface area is 157 Å². The largest absolute Gasteiger partial charge is 0.504 e. The van der Waals surface area contributed by atoms with Gasteiger partial charge < -0.3 is 14.6 Å². The number of aromatic hydroxyl groups is 1. The molecule has 6 nitrogen and oxygen atoms in total. The summed E-state index contributed by atoms with van der Waals surface area (Å²) in [5.41, 5.74) is 2.84. The van der Waals surface area contributed by atoms with Crippen molar-refractivity contribution in [3.05, 3.63) is 66.2 Å². The summed E-state index contributed by atoms with van der Waals surface area (Å²) in [5.74, 6) is 0.490. The Balaban J connectivity index is 1.62. The molecule has 0 fully saturated rings. The number of amides is 1. The highest BCUT2D eigenvalue weighted by Crippen LogP contribution is 2.28. The first kappa shape index (κ1) is 18.3. The van der Waals surface area contributed by atoms with Crippen molar-refractivity contribution in [2.45, 2.75) is 13.0 Å². The number of nitrogens with zero attached hydrogens (tertiary/aromatic N) is 1. The van der Waals surface area contributed by atoms with Crippen molar-refractivity contribution in [2.75, 3.05) is 7.11 Å². The van der Waals surface area contributed by atoms with Crippen LogP contribution in [0.15, 0.2) is 65.8 Å². The maximum absolute atomic E-state index is 12.2. The van der Waals surface area contributed by atoms with E-state index >= 15 is 0 Å². The number of carbonyl (C=O) groups excluding carboxylic acids is 1. The molecule has 0 heterocycles. The van der Waals surface area contributed by atoms with Crippen molar-refractivity contribution in [3.63, 3.8) is 0 Å². The molecule has 27 heavy (non-hydrogen) atoms. The minimum Gasteiger partial charge on any atom is -0.504 e. The molecule has 0 aromatic heterocycles. The Hall–Kier alpha value is -3.54. The van der Waals surface area contributed by atoms with Crippen LogP contribution in [0.3, 0.4) is 0 Å². The normalized spacial score (nSPS) is 12.1. The lowest BCUT2D eigenvalue weighted by Crippen LogP contribution is -2.33. The second-order valence-electron chi connectivity index (χ2n) is 5.90. The lowest BCUT2D eigenvalue weighted by Gasteiger charge is -2.13. The minimum absolute atomic E-state index is 0.0431. The van der Waals surface area contributed by atoms with Crippen molar-refractivity contribution in [3.8, 4) is 17.2 Å². The van der Waals surface area contributed by atoms with Gasteiger partial charge in [0.05, 0.1) is 13.3 Å². The molecule has 2 N–H and O–H groups in total. The molecule has 0 aliphatic heterocycles. The first-order valence-electron chi connectivity index (χ1n) is 8.43. The van der Waals surface area contributed by atoms with Crippen LogP contribution in [0.2, 0.25) is 0 Å². The molecular formula is C21H20N2O4. The van der Waals surface area contributed by atoms with Gasteiger partial charge >= 0.3 is 0 Å². The van der Waals surface area contributed by atoms with Crippen molar-refractivity contribution in [2.24, 2.45) is 5.10 Å². The molecule has 1 unspecified atom stereocenters. The van der Waals surface area contributed by atoms with Crippen LogP contribution >= 0.6 is 0 Å². The van der Waals surface area contributed by atoms with Gasteiger partial charge in [-0.1, -0.05) is 36.4 Å². The van der Waals surface area contributed by atoms with Gasteiger partial charge in [0.15, 0.2) is 17.6 Å². The van der Waals surface area contributed by atoms with E-state index in [4.69, 9.17) is 9.47 Å². The fourth-order valence-electron chi connectivity index (χ4n) is 2.56. The molecule has 0 radical (unpaired) electrons. The van der Waals surface area contributed by atoms with Crippen LogP contribution in [0.1, 0.15) is 12.5 Å². The van der Waals surface area contributed by atoms with Gasteiger partial charge in [0, 0.05) is 5.56 Å². The Bertz CT molecular complexity index is 985. The van der Waals surface area contributed by atoms with Crippen LogP contribution in [0, 0.1) is 0 Å². The second-order valence-corrected chi connectivity index (χ2v) is 5.90. The van der Waals surface area contributed by atoms with Crippen molar-refractivity contribution < 1.29 is 19.4 Å². The lowest BCUT2D eigenvalue weighted by atomic mass is 10.1.